The van der Waals surface area contributed by atoms with Crippen molar-refractivity contribution >= 4 is 17.1 Å². The number of oxazole rings is 1. The van der Waals surface area contributed by atoms with Crippen LogP contribution in [0, 0.1) is 0 Å². The predicted octanol–water partition coefficient (Wildman–Crippen LogP) is 1.09. The van der Waals surface area contributed by atoms with Crippen LogP contribution in [0.3, 0.4) is 0 Å². The van der Waals surface area contributed by atoms with E-state index in [0.29, 0.717) is 6.54 Å². The zero-order chi connectivity index (χ0) is 11.4. The Morgan fingerprint density at radius 2 is 2.44 bits per heavy atom. The second-order valence-electron chi connectivity index (χ2n) is 3.33. The number of fused-ring (bicyclic) bond motifs is 1. The van der Waals surface area contributed by atoms with Crippen LogP contribution in [0.1, 0.15) is 5.56 Å². The van der Waals surface area contributed by atoms with Gasteiger partial charge in [-0.2, -0.15) is 0 Å². The summed E-state index contributed by atoms with van der Waals surface area (Å²) < 4.78 is 9.69. The Kier molecular flexibility index (Phi) is 3.16. The van der Waals surface area contributed by atoms with Crippen LogP contribution in [-0.4, -0.2) is 24.6 Å². The van der Waals surface area contributed by atoms with Crippen LogP contribution >= 0.6 is 0 Å². The Morgan fingerprint density at radius 3 is 3.25 bits per heavy atom. The first-order valence-corrected chi connectivity index (χ1v) is 4.89. The fraction of sp³-hybridized carbons (Fsp3) is 0.273. The molecule has 0 unspecified atom stereocenters. The summed E-state index contributed by atoms with van der Waals surface area (Å²) >= 11 is 0. The second-order valence-corrected chi connectivity index (χ2v) is 3.33. The molecule has 1 N–H and O–H groups in total. The molecule has 0 atom stereocenters. The number of carbonyl (C=O) groups excluding carboxylic acids is 1. The van der Waals surface area contributed by atoms with Gasteiger partial charge in [0.15, 0.2) is 12.0 Å². The lowest BCUT2D eigenvalue weighted by Gasteiger charge is -2.03. The molecule has 1 aromatic heterocycles. The highest BCUT2D eigenvalue weighted by Gasteiger charge is 2.02. The normalized spacial score (nSPS) is 10.6. The molecule has 0 aliphatic rings. The first kappa shape index (κ1) is 10.6. The van der Waals surface area contributed by atoms with Crippen molar-refractivity contribution in [3.05, 3.63) is 30.2 Å². The molecule has 16 heavy (non-hydrogen) atoms. The first-order chi connectivity index (χ1) is 7.79. The summed E-state index contributed by atoms with van der Waals surface area (Å²) in [6, 6.07) is 5.72. The Morgan fingerprint density at radius 1 is 1.56 bits per heavy atom. The molecule has 5 nitrogen and oxygen atoms in total. The van der Waals surface area contributed by atoms with E-state index >= 15 is 0 Å². The molecule has 0 radical (unpaired) electrons. The monoisotopic (exact) mass is 220 g/mol. The van der Waals surface area contributed by atoms with Crippen LogP contribution < -0.4 is 5.32 Å². The van der Waals surface area contributed by atoms with Gasteiger partial charge in [0.1, 0.15) is 5.52 Å². The smallest absolute Gasteiger partial charge is 0.319 e. The van der Waals surface area contributed by atoms with Gasteiger partial charge in [0.05, 0.1) is 13.7 Å². The van der Waals surface area contributed by atoms with E-state index in [1.165, 1.54) is 13.5 Å². The van der Waals surface area contributed by atoms with Gasteiger partial charge >= 0.3 is 5.97 Å². The van der Waals surface area contributed by atoms with Crippen molar-refractivity contribution in [1.82, 2.24) is 10.3 Å². The van der Waals surface area contributed by atoms with Gasteiger partial charge in [0.2, 0.25) is 0 Å². The van der Waals surface area contributed by atoms with Gasteiger partial charge in [-0.15, -0.1) is 0 Å². The van der Waals surface area contributed by atoms with Crippen molar-refractivity contribution in [2.45, 2.75) is 6.54 Å². The highest BCUT2D eigenvalue weighted by atomic mass is 16.5. The first-order valence-electron chi connectivity index (χ1n) is 4.89. The Labute approximate surface area is 92.4 Å². The molecule has 0 saturated heterocycles. The largest absolute Gasteiger partial charge is 0.468 e. The number of esters is 1. The van der Waals surface area contributed by atoms with Crippen LogP contribution in [0.2, 0.25) is 0 Å². The van der Waals surface area contributed by atoms with Gasteiger partial charge < -0.3 is 14.5 Å². The molecule has 5 heteroatoms. The molecular weight excluding hydrogens is 208 g/mol. The molecule has 2 rings (SSSR count). The van der Waals surface area contributed by atoms with E-state index in [9.17, 15) is 4.79 Å². The van der Waals surface area contributed by atoms with Crippen molar-refractivity contribution in [3.8, 4) is 0 Å². The Bertz CT molecular complexity index is 493. The van der Waals surface area contributed by atoms with Crippen LogP contribution in [0.4, 0.5) is 0 Å². The number of nitrogens with zero attached hydrogens (tertiary/aromatic N) is 1. The van der Waals surface area contributed by atoms with Gasteiger partial charge in [0.25, 0.3) is 0 Å². The molecule has 0 amide bonds. The third-order valence-electron chi connectivity index (χ3n) is 2.22. The lowest BCUT2D eigenvalue weighted by molar-refractivity contribution is -0.139. The summed E-state index contributed by atoms with van der Waals surface area (Å²) in [6.07, 6.45) is 1.41. The summed E-state index contributed by atoms with van der Waals surface area (Å²) in [7, 11) is 1.37. The van der Waals surface area contributed by atoms with E-state index in [1.54, 1.807) is 0 Å². The Hall–Kier alpha value is -1.88. The summed E-state index contributed by atoms with van der Waals surface area (Å²) in [5.74, 6) is -0.277. The van der Waals surface area contributed by atoms with Gasteiger partial charge in [-0.3, -0.25) is 4.79 Å². The third-order valence-corrected chi connectivity index (χ3v) is 2.22. The fourth-order valence-corrected chi connectivity index (χ4v) is 1.39. The van der Waals surface area contributed by atoms with E-state index < -0.39 is 0 Å². The molecule has 0 aliphatic carbocycles. The standard InChI is InChI=1S/C11H12N2O3/c1-15-11(14)6-12-5-8-2-3-9-10(4-8)16-7-13-9/h2-4,7,12H,5-6H2,1H3. The molecule has 0 saturated carbocycles. The van der Waals surface area contributed by atoms with E-state index in [2.05, 4.69) is 15.0 Å². The van der Waals surface area contributed by atoms with E-state index in [0.717, 1.165) is 16.7 Å². The maximum absolute atomic E-state index is 10.9. The topological polar surface area (TPSA) is 64.4 Å². The lowest BCUT2D eigenvalue weighted by Crippen LogP contribution is -2.23. The maximum atomic E-state index is 10.9. The van der Waals surface area contributed by atoms with Crippen LogP contribution in [0.15, 0.2) is 29.0 Å². The molecule has 1 heterocycles. The molecule has 0 aliphatic heterocycles. The van der Waals surface area contributed by atoms with Crippen molar-refractivity contribution in [2.24, 2.45) is 0 Å². The number of ether oxygens (including phenoxy) is 1. The number of nitrogens with one attached hydrogen (secondary N) is 1. The van der Waals surface area contributed by atoms with E-state index in [4.69, 9.17) is 4.42 Å². The number of benzene rings is 1. The zero-order valence-corrected chi connectivity index (χ0v) is 8.90. The van der Waals surface area contributed by atoms with Crippen LogP contribution in [-0.2, 0) is 16.1 Å². The van der Waals surface area contributed by atoms with Crippen molar-refractivity contribution in [2.75, 3.05) is 13.7 Å². The molecular formula is C11H12N2O3. The number of hydrogen-bond acceptors (Lipinski definition) is 5. The van der Waals surface area contributed by atoms with E-state index in [-0.39, 0.29) is 12.5 Å². The lowest BCUT2D eigenvalue weighted by atomic mass is 10.2. The average Bonchev–Trinajstić information content (AvgIpc) is 2.76. The van der Waals surface area contributed by atoms with Gasteiger partial charge in [-0.25, -0.2) is 4.98 Å². The van der Waals surface area contributed by atoms with Crippen LogP contribution in [0.25, 0.3) is 11.1 Å². The third kappa shape index (κ3) is 2.38. The van der Waals surface area contributed by atoms with Crippen molar-refractivity contribution in [3.63, 3.8) is 0 Å². The second kappa shape index (κ2) is 4.76. The zero-order valence-electron chi connectivity index (χ0n) is 8.90. The number of methoxy groups -OCH3 is 1. The Balaban J connectivity index is 1.96. The molecule has 2 aromatic rings. The highest BCUT2D eigenvalue weighted by Crippen LogP contribution is 2.13. The average molecular weight is 220 g/mol. The molecule has 0 bridgehead atoms. The molecule has 1 aromatic carbocycles. The quantitative estimate of drug-likeness (QED) is 0.781. The number of aromatic nitrogens is 1. The minimum absolute atomic E-state index is 0.199. The maximum Gasteiger partial charge on any atom is 0.319 e. The number of hydrogen-bond donors (Lipinski definition) is 1. The molecule has 84 valence electrons. The fourth-order valence-electron chi connectivity index (χ4n) is 1.39. The number of rotatable bonds is 4. The minimum Gasteiger partial charge on any atom is -0.468 e. The van der Waals surface area contributed by atoms with E-state index in [1.807, 2.05) is 18.2 Å². The van der Waals surface area contributed by atoms with Crippen LogP contribution in [0.5, 0.6) is 0 Å². The molecule has 0 spiro atoms. The van der Waals surface area contributed by atoms with Gasteiger partial charge in [-0.1, -0.05) is 6.07 Å². The molecule has 0 fully saturated rings. The van der Waals surface area contributed by atoms with Gasteiger partial charge in [-0.05, 0) is 17.7 Å². The highest BCUT2D eigenvalue weighted by molar-refractivity contribution is 5.73. The summed E-state index contributed by atoms with van der Waals surface area (Å²) in [4.78, 5) is 14.9. The minimum atomic E-state index is -0.277. The summed E-state index contributed by atoms with van der Waals surface area (Å²) in [5, 5.41) is 2.97. The summed E-state index contributed by atoms with van der Waals surface area (Å²) in [5.41, 5.74) is 2.61. The van der Waals surface area contributed by atoms with Crippen molar-refractivity contribution < 1.29 is 13.9 Å². The summed E-state index contributed by atoms with van der Waals surface area (Å²) in [6.45, 7) is 0.788. The SMILES string of the molecule is COC(=O)CNCc1ccc2ncoc2c1. The van der Waals surface area contributed by atoms with Crippen molar-refractivity contribution in [1.29, 1.82) is 0 Å². The van der Waals surface area contributed by atoms with Gasteiger partial charge in [0, 0.05) is 6.54 Å². The number of carbonyl (C=O) groups is 1. The predicted molar refractivity (Wildman–Crippen MR) is 57.7 cm³/mol.